The molecule has 1 aliphatic carbocycles. The first-order valence-corrected chi connectivity index (χ1v) is 7.48. The molecule has 3 N–H and O–H groups in total. The lowest BCUT2D eigenvalue weighted by molar-refractivity contribution is 0.259. The molecule has 5 heteroatoms. The molecule has 90 valence electrons. The summed E-state index contributed by atoms with van der Waals surface area (Å²) >= 11 is 0. The monoisotopic (exact) mass is 234 g/mol. The summed E-state index contributed by atoms with van der Waals surface area (Å²) < 4.78 is 21.5. The Kier molecular flexibility index (Phi) is 5.02. The van der Waals surface area contributed by atoms with Crippen molar-refractivity contribution >= 4 is 10.0 Å². The third-order valence-corrected chi connectivity index (χ3v) is 4.00. The Morgan fingerprint density at radius 1 is 1.33 bits per heavy atom. The van der Waals surface area contributed by atoms with Gasteiger partial charge in [0.2, 0.25) is 10.0 Å². The van der Waals surface area contributed by atoms with Gasteiger partial charge in [-0.3, -0.25) is 0 Å². The fourth-order valence-electron chi connectivity index (χ4n) is 2.35. The van der Waals surface area contributed by atoms with Gasteiger partial charge in [0.15, 0.2) is 0 Å². The lowest BCUT2D eigenvalue weighted by Gasteiger charge is -2.31. The van der Waals surface area contributed by atoms with Crippen LogP contribution in [0.4, 0.5) is 0 Å². The number of nitrogens with one attached hydrogen (secondary N) is 1. The van der Waals surface area contributed by atoms with Crippen LogP contribution in [0.5, 0.6) is 0 Å². The highest BCUT2D eigenvalue weighted by Gasteiger charge is 2.22. The fourth-order valence-corrected chi connectivity index (χ4v) is 2.75. The van der Waals surface area contributed by atoms with Crippen LogP contribution in [0.1, 0.15) is 39.0 Å². The second-order valence-corrected chi connectivity index (χ2v) is 6.11. The topological polar surface area (TPSA) is 72.2 Å². The van der Waals surface area contributed by atoms with Crippen molar-refractivity contribution in [3.05, 3.63) is 0 Å². The summed E-state index contributed by atoms with van der Waals surface area (Å²) in [6, 6.07) is 0.491. The quantitative estimate of drug-likeness (QED) is 0.740. The van der Waals surface area contributed by atoms with Crippen molar-refractivity contribution in [3.8, 4) is 0 Å². The van der Waals surface area contributed by atoms with E-state index in [1.807, 2.05) is 0 Å². The van der Waals surface area contributed by atoms with Crippen molar-refractivity contribution in [3.63, 3.8) is 0 Å². The molecule has 1 rings (SSSR count). The summed E-state index contributed by atoms with van der Waals surface area (Å²) in [5, 5.41) is 8.27. The molecule has 0 aromatic heterocycles. The SMILES string of the molecule is CCC1CCCCC1NCCS(N)(=O)=O. The fraction of sp³-hybridized carbons (Fsp3) is 1.00. The maximum absolute atomic E-state index is 10.8. The van der Waals surface area contributed by atoms with E-state index in [2.05, 4.69) is 12.2 Å². The Morgan fingerprint density at radius 2 is 2.00 bits per heavy atom. The molecule has 0 saturated heterocycles. The van der Waals surface area contributed by atoms with Crippen LogP contribution in [0.3, 0.4) is 0 Å². The molecule has 1 saturated carbocycles. The summed E-state index contributed by atoms with van der Waals surface area (Å²) in [6.45, 7) is 2.68. The Morgan fingerprint density at radius 3 is 2.60 bits per heavy atom. The van der Waals surface area contributed by atoms with Gasteiger partial charge in [-0.05, 0) is 18.8 Å². The second kappa shape index (κ2) is 5.82. The number of primary sulfonamides is 1. The lowest BCUT2D eigenvalue weighted by Crippen LogP contribution is -2.41. The minimum absolute atomic E-state index is 0.0416. The highest BCUT2D eigenvalue weighted by Crippen LogP contribution is 2.26. The molecule has 1 aliphatic rings. The normalized spacial score (nSPS) is 27.9. The number of hydrogen-bond donors (Lipinski definition) is 2. The molecule has 4 nitrogen and oxygen atoms in total. The number of rotatable bonds is 5. The van der Waals surface area contributed by atoms with Crippen molar-refractivity contribution < 1.29 is 8.42 Å². The smallest absolute Gasteiger partial charge is 0.210 e. The van der Waals surface area contributed by atoms with E-state index in [1.165, 1.54) is 32.1 Å². The molecular weight excluding hydrogens is 212 g/mol. The largest absolute Gasteiger partial charge is 0.313 e. The van der Waals surface area contributed by atoms with Crippen LogP contribution in [-0.4, -0.2) is 26.8 Å². The minimum Gasteiger partial charge on any atom is -0.313 e. The summed E-state index contributed by atoms with van der Waals surface area (Å²) in [4.78, 5) is 0. The highest BCUT2D eigenvalue weighted by molar-refractivity contribution is 7.89. The molecular formula is C10H22N2O2S. The van der Waals surface area contributed by atoms with Crippen molar-refractivity contribution in [2.24, 2.45) is 11.1 Å². The molecule has 0 radical (unpaired) electrons. The van der Waals surface area contributed by atoms with E-state index < -0.39 is 10.0 Å². The van der Waals surface area contributed by atoms with Gasteiger partial charge in [0.25, 0.3) is 0 Å². The zero-order valence-electron chi connectivity index (χ0n) is 9.41. The van der Waals surface area contributed by atoms with Crippen LogP contribution in [0, 0.1) is 5.92 Å². The van der Waals surface area contributed by atoms with Crippen LogP contribution >= 0.6 is 0 Å². The van der Waals surface area contributed by atoms with E-state index in [4.69, 9.17) is 5.14 Å². The molecule has 0 spiro atoms. The van der Waals surface area contributed by atoms with E-state index in [0.29, 0.717) is 18.5 Å². The zero-order chi connectivity index (χ0) is 11.3. The molecule has 0 aliphatic heterocycles. The molecule has 0 heterocycles. The Labute approximate surface area is 92.7 Å². The molecule has 15 heavy (non-hydrogen) atoms. The van der Waals surface area contributed by atoms with E-state index in [-0.39, 0.29) is 5.75 Å². The number of sulfonamides is 1. The third-order valence-electron chi connectivity index (χ3n) is 3.23. The highest BCUT2D eigenvalue weighted by atomic mass is 32.2. The van der Waals surface area contributed by atoms with Gasteiger partial charge in [-0.25, -0.2) is 13.6 Å². The zero-order valence-corrected chi connectivity index (χ0v) is 10.2. The Balaban J connectivity index is 2.29. The number of nitrogens with two attached hydrogens (primary N) is 1. The Bertz CT molecular complexity index is 277. The first-order chi connectivity index (χ1) is 7.03. The lowest BCUT2D eigenvalue weighted by atomic mass is 9.83. The predicted molar refractivity (Wildman–Crippen MR) is 62.0 cm³/mol. The van der Waals surface area contributed by atoms with Gasteiger partial charge in [-0.2, -0.15) is 0 Å². The van der Waals surface area contributed by atoms with Crippen molar-refractivity contribution in [2.45, 2.75) is 45.1 Å². The van der Waals surface area contributed by atoms with Gasteiger partial charge in [0.1, 0.15) is 0 Å². The van der Waals surface area contributed by atoms with Crippen LogP contribution in [0.25, 0.3) is 0 Å². The maximum Gasteiger partial charge on any atom is 0.210 e. The van der Waals surface area contributed by atoms with Gasteiger partial charge < -0.3 is 5.32 Å². The molecule has 1 fully saturated rings. The standard InChI is InChI=1S/C10H22N2O2S/c1-2-9-5-3-4-6-10(9)12-7-8-15(11,13)14/h9-10,12H,2-8H2,1H3,(H2,11,13,14). The van der Waals surface area contributed by atoms with Crippen molar-refractivity contribution in [1.29, 1.82) is 0 Å². The van der Waals surface area contributed by atoms with Crippen LogP contribution in [0.15, 0.2) is 0 Å². The predicted octanol–water partition coefficient (Wildman–Crippen LogP) is 0.833. The Hall–Kier alpha value is -0.130. The van der Waals surface area contributed by atoms with Gasteiger partial charge in [-0.1, -0.05) is 26.2 Å². The third kappa shape index (κ3) is 4.95. The summed E-state index contributed by atoms with van der Waals surface area (Å²) in [6.07, 6.45) is 6.18. The van der Waals surface area contributed by atoms with E-state index >= 15 is 0 Å². The van der Waals surface area contributed by atoms with Crippen LogP contribution in [0.2, 0.25) is 0 Å². The molecule has 0 aromatic carbocycles. The summed E-state index contributed by atoms with van der Waals surface area (Å²) in [7, 11) is -3.31. The molecule has 0 aromatic rings. The maximum atomic E-state index is 10.8. The van der Waals surface area contributed by atoms with Gasteiger partial charge in [0.05, 0.1) is 5.75 Å². The van der Waals surface area contributed by atoms with Crippen molar-refractivity contribution in [1.82, 2.24) is 5.32 Å². The first-order valence-electron chi connectivity index (χ1n) is 5.77. The second-order valence-electron chi connectivity index (χ2n) is 4.38. The van der Waals surface area contributed by atoms with Crippen LogP contribution in [-0.2, 0) is 10.0 Å². The minimum atomic E-state index is -3.31. The van der Waals surface area contributed by atoms with E-state index in [0.717, 1.165) is 0 Å². The average Bonchev–Trinajstić information content (AvgIpc) is 2.16. The van der Waals surface area contributed by atoms with Crippen LogP contribution < -0.4 is 10.5 Å². The molecule has 0 bridgehead atoms. The van der Waals surface area contributed by atoms with E-state index in [9.17, 15) is 8.42 Å². The average molecular weight is 234 g/mol. The summed E-state index contributed by atoms with van der Waals surface area (Å²) in [5.41, 5.74) is 0. The molecule has 2 unspecified atom stereocenters. The van der Waals surface area contributed by atoms with Gasteiger partial charge in [0, 0.05) is 12.6 Å². The molecule has 0 amide bonds. The van der Waals surface area contributed by atoms with Gasteiger partial charge >= 0.3 is 0 Å². The first kappa shape index (κ1) is 12.9. The summed E-state index contributed by atoms with van der Waals surface area (Å²) in [5.74, 6) is 0.749. The van der Waals surface area contributed by atoms with Gasteiger partial charge in [-0.15, -0.1) is 0 Å². The molecule has 2 atom stereocenters. The van der Waals surface area contributed by atoms with Crippen molar-refractivity contribution in [2.75, 3.05) is 12.3 Å². The van der Waals surface area contributed by atoms with E-state index in [1.54, 1.807) is 0 Å². The number of hydrogen-bond acceptors (Lipinski definition) is 3.